The number of ether oxygens (including phenoxy) is 1. The Balaban J connectivity index is 2.11. The van der Waals surface area contributed by atoms with E-state index in [1.807, 2.05) is 0 Å². The van der Waals surface area contributed by atoms with Crippen LogP contribution in [0, 0.1) is 0 Å². The van der Waals surface area contributed by atoms with Crippen LogP contribution in [0.5, 0.6) is 5.75 Å². The topological polar surface area (TPSA) is 93.2 Å². The first kappa shape index (κ1) is 13.9. The molecule has 0 amide bonds. The van der Waals surface area contributed by atoms with Gasteiger partial charge in [0.25, 0.3) is 0 Å². The molecule has 0 bridgehead atoms. The summed E-state index contributed by atoms with van der Waals surface area (Å²) in [5, 5.41) is 6.16. The summed E-state index contributed by atoms with van der Waals surface area (Å²) < 4.78 is 28.0. The van der Waals surface area contributed by atoms with Crippen LogP contribution in [-0.4, -0.2) is 50.1 Å². The van der Waals surface area contributed by atoms with E-state index in [0.717, 1.165) is 0 Å². The Morgan fingerprint density at radius 2 is 1.89 bits per heavy atom. The minimum absolute atomic E-state index is 0.0945. The molecule has 0 aromatic carbocycles. The van der Waals surface area contributed by atoms with E-state index in [1.54, 1.807) is 14.2 Å². The number of methoxy groups -OCH3 is 1. The van der Waals surface area contributed by atoms with Gasteiger partial charge in [0.2, 0.25) is 5.75 Å². The molecule has 2 heterocycles. The van der Waals surface area contributed by atoms with Crippen molar-refractivity contribution in [3.05, 3.63) is 6.33 Å². The molecule has 7 nitrogen and oxygen atoms in total. The van der Waals surface area contributed by atoms with E-state index in [2.05, 4.69) is 20.6 Å². The molecule has 1 aliphatic heterocycles. The lowest BCUT2D eigenvalue weighted by Gasteiger charge is -2.24. The number of nitrogens with zero attached hydrogens (tertiary/aromatic N) is 2. The zero-order chi connectivity index (χ0) is 13.9. The van der Waals surface area contributed by atoms with Gasteiger partial charge in [0.1, 0.15) is 16.2 Å². The molecule has 0 unspecified atom stereocenters. The van der Waals surface area contributed by atoms with E-state index in [9.17, 15) is 8.42 Å². The summed E-state index contributed by atoms with van der Waals surface area (Å²) in [7, 11) is 0.451. The number of rotatable bonds is 4. The molecular weight excluding hydrogens is 268 g/mol. The average Bonchev–Trinajstić information content (AvgIpc) is 2.40. The molecule has 8 heteroatoms. The van der Waals surface area contributed by atoms with Crippen molar-refractivity contribution in [1.29, 1.82) is 0 Å². The largest absolute Gasteiger partial charge is 0.490 e. The van der Waals surface area contributed by atoms with Gasteiger partial charge in [-0.3, -0.25) is 0 Å². The van der Waals surface area contributed by atoms with Crippen molar-refractivity contribution in [2.45, 2.75) is 18.9 Å². The summed E-state index contributed by atoms with van der Waals surface area (Å²) in [6, 6.07) is 0.0945. The predicted octanol–water partition coefficient (Wildman–Crippen LogP) is 0.516. The number of sulfone groups is 1. The molecule has 0 saturated carbocycles. The van der Waals surface area contributed by atoms with Crippen LogP contribution >= 0.6 is 0 Å². The van der Waals surface area contributed by atoms with E-state index in [-0.39, 0.29) is 17.5 Å². The second kappa shape index (κ2) is 5.60. The van der Waals surface area contributed by atoms with E-state index >= 15 is 0 Å². The van der Waals surface area contributed by atoms with Crippen LogP contribution in [0.4, 0.5) is 11.6 Å². The summed E-state index contributed by atoms with van der Waals surface area (Å²) in [6.45, 7) is 0. The summed E-state index contributed by atoms with van der Waals surface area (Å²) in [5.74, 6) is 2.17. The van der Waals surface area contributed by atoms with Crippen LogP contribution in [0.2, 0.25) is 0 Å². The maximum Gasteiger partial charge on any atom is 0.204 e. The molecule has 1 fully saturated rings. The Bertz CT molecular complexity index is 533. The first-order valence-electron chi connectivity index (χ1n) is 6.09. The van der Waals surface area contributed by atoms with Crippen LogP contribution in [0.15, 0.2) is 6.33 Å². The molecule has 0 atom stereocenters. The van der Waals surface area contributed by atoms with Gasteiger partial charge in [-0.15, -0.1) is 0 Å². The van der Waals surface area contributed by atoms with Gasteiger partial charge in [-0.2, -0.15) is 0 Å². The normalized spacial score (nSPS) is 18.8. The first-order chi connectivity index (χ1) is 9.05. The van der Waals surface area contributed by atoms with Gasteiger partial charge in [0.15, 0.2) is 11.6 Å². The molecule has 19 heavy (non-hydrogen) atoms. The van der Waals surface area contributed by atoms with Gasteiger partial charge >= 0.3 is 0 Å². The highest BCUT2D eigenvalue weighted by atomic mass is 32.2. The second-order valence-corrected chi connectivity index (χ2v) is 6.73. The third-order valence-corrected chi connectivity index (χ3v) is 4.86. The molecule has 2 N–H and O–H groups in total. The lowest BCUT2D eigenvalue weighted by Crippen LogP contribution is -2.32. The quantitative estimate of drug-likeness (QED) is 0.833. The fraction of sp³-hybridized carbons (Fsp3) is 0.636. The summed E-state index contributed by atoms with van der Waals surface area (Å²) in [4.78, 5) is 8.21. The van der Waals surface area contributed by atoms with Crippen LogP contribution in [0.25, 0.3) is 0 Å². The molecule has 0 radical (unpaired) electrons. The molecule has 0 spiro atoms. The van der Waals surface area contributed by atoms with E-state index in [4.69, 9.17) is 4.74 Å². The Kier molecular flexibility index (Phi) is 4.08. The number of aromatic nitrogens is 2. The third-order valence-electron chi connectivity index (χ3n) is 3.14. The molecule has 1 aromatic heterocycles. The standard InChI is InChI=1S/C11H18N4O3S/c1-12-10-9(18-2)11(14-7-13-10)15-8-3-5-19(16,17)6-4-8/h7-8H,3-6H2,1-2H3,(H2,12,13,14,15). The van der Waals surface area contributed by atoms with Crippen molar-refractivity contribution in [1.82, 2.24) is 9.97 Å². The van der Waals surface area contributed by atoms with E-state index < -0.39 is 9.84 Å². The molecule has 0 aliphatic carbocycles. The third kappa shape index (κ3) is 3.25. The Morgan fingerprint density at radius 1 is 1.26 bits per heavy atom. The Labute approximate surface area is 112 Å². The zero-order valence-corrected chi connectivity index (χ0v) is 11.8. The lowest BCUT2D eigenvalue weighted by molar-refractivity contribution is 0.414. The molecule has 106 valence electrons. The fourth-order valence-corrected chi connectivity index (χ4v) is 3.57. The van der Waals surface area contributed by atoms with E-state index in [1.165, 1.54) is 6.33 Å². The summed E-state index contributed by atoms with van der Waals surface area (Å²) >= 11 is 0. The molecular formula is C11H18N4O3S. The average molecular weight is 286 g/mol. The summed E-state index contributed by atoms with van der Waals surface area (Å²) in [5.41, 5.74) is 0. The van der Waals surface area contributed by atoms with Gasteiger partial charge in [-0.25, -0.2) is 18.4 Å². The first-order valence-corrected chi connectivity index (χ1v) is 7.91. The fourth-order valence-electron chi connectivity index (χ4n) is 2.08. The van der Waals surface area contributed by atoms with Crippen LogP contribution in [0.3, 0.4) is 0 Å². The highest BCUT2D eigenvalue weighted by molar-refractivity contribution is 7.91. The molecule has 1 aliphatic rings. The SMILES string of the molecule is CNc1ncnc(NC2CCS(=O)(=O)CC2)c1OC. The number of anilines is 2. The molecule has 1 aromatic rings. The lowest BCUT2D eigenvalue weighted by atomic mass is 10.1. The van der Waals surface area contributed by atoms with Crippen molar-refractivity contribution in [3.63, 3.8) is 0 Å². The van der Waals surface area contributed by atoms with Crippen molar-refractivity contribution in [3.8, 4) is 5.75 Å². The predicted molar refractivity (Wildman–Crippen MR) is 73.4 cm³/mol. The number of hydrogen-bond donors (Lipinski definition) is 2. The minimum Gasteiger partial charge on any atom is -0.490 e. The highest BCUT2D eigenvalue weighted by Gasteiger charge is 2.25. The number of hydrogen-bond acceptors (Lipinski definition) is 7. The van der Waals surface area contributed by atoms with Crippen LogP contribution in [0.1, 0.15) is 12.8 Å². The van der Waals surface area contributed by atoms with Gasteiger partial charge in [0, 0.05) is 13.1 Å². The van der Waals surface area contributed by atoms with Crippen LogP contribution < -0.4 is 15.4 Å². The number of nitrogens with one attached hydrogen (secondary N) is 2. The molecule has 1 saturated heterocycles. The smallest absolute Gasteiger partial charge is 0.204 e. The zero-order valence-electron chi connectivity index (χ0n) is 11.0. The van der Waals surface area contributed by atoms with Gasteiger partial charge in [0.05, 0.1) is 18.6 Å². The van der Waals surface area contributed by atoms with Crippen LogP contribution in [-0.2, 0) is 9.84 Å². The molecule has 2 rings (SSSR count). The van der Waals surface area contributed by atoms with E-state index in [0.29, 0.717) is 30.2 Å². The highest BCUT2D eigenvalue weighted by Crippen LogP contribution is 2.30. The maximum atomic E-state index is 11.4. The van der Waals surface area contributed by atoms with Crippen molar-refractivity contribution >= 4 is 21.5 Å². The maximum absolute atomic E-state index is 11.4. The monoisotopic (exact) mass is 286 g/mol. The summed E-state index contributed by atoms with van der Waals surface area (Å²) in [6.07, 6.45) is 2.62. The van der Waals surface area contributed by atoms with Gasteiger partial charge in [-0.1, -0.05) is 0 Å². The van der Waals surface area contributed by atoms with Crippen molar-refractivity contribution in [2.75, 3.05) is 36.3 Å². The van der Waals surface area contributed by atoms with Gasteiger partial charge in [-0.05, 0) is 12.8 Å². The Hall–Kier alpha value is -1.57. The second-order valence-electron chi connectivity index (χ2n) is 4.42. The Morgan fingerprint density at radius 3 is 2.47 bits per heavy atom. The van der Waals surface area contributed by atoms with Crippen molar-refractivity contribution in [2.24, 2.45) is 0 Å². The van der Waals surface area contributed by atoms with Gasteiger partial charge < -0.3 is 15.4 Å². The van der Waals surface area contributed by atoms with Crippen molar-refractivity contribution < 1.29 is 13.2 Å². The minimum atomic E-state index is -2.85.